The zero-order chi connectivity index (χ0) is 25.4. The van der Waals surface area contributed by atoms with Gasteiger partial charge in [-0.25, -0.2) is 9.78 Å². The fourth-order valence-corrected chi connectivity index (χ4v) is 6.88. The maximum atomic E-state index is 12.9. The lowest BCUT2D eigenvalue weighted by molar-refractivity contribution is 0.0451. The fourth-order valence-electron chi connectivity index (χ4n) is 5.44. The number of hydrogen-bond acceptors (Lipinski definition) is 8. The number of aryl methyl sites for hydroxylation is 1. The number of aromatic nitrogens is 2. The van der Waals surface area contributed by atoms with Gasteiger partial charge in [0.15, 0.2) is 0 Å². The van der Waals surface area contributed by atoms with Crippen LogP contribution >= 0.6 is 11.6 Å². The minimum atomic E-state index is -1.10. The molecule has 0 radical (unpaired) electrons. The third-order valence-corrected chi connectivity index (χ3v) is 9.22. The molecule has 4 aliphatic heterocycles. The second-order valence-corrected chi connectivity index (χ2v) is 11.8. The molecule has 6 rings (SSSR count). The highest BCUT2D eigenvalue weighted by Gasteiger charge is 2.33. The number of amides is 2. The lowest BCUT2D eigenvalue weighted by Gasteiger charge is -2.36. The van der Waals surface area contributed by atoms with Crippen LogP contribution in [0.2, 0.25) is 5.02 Å². The van der Waals surface area contributed by atoms with Crippen molar-refractivity contribution >= 4 is 45.9 Å². The number of likely N-dealkylation sites (tertiary alicyclic amines) is 1. The van der Waals surface area contributed by atoms with Gasteiger partial charge >= 0.3 is 6.03 Å². The summed E-state index contributed by atoms with van der Waals surface area (Å²) in [7, 11) is -1.10. The zero-order valence-corrected chi connectivity index (χ0v) is 22.3. The van der Waals surface area contributed by atoms with Crippen LogP contribution < -0.4 is 15.1 Å². The summed E-state index contributed by atoms with van der Waals surface area (Å²) in [6.45, 7) is 7.09. The molecular weight excluding hydrogens is 514 g/mol. The van der Waals surface area contributed by atoms with E-state index in [4.69, 9.17) is 26.3 Å². The van der Waals surface area contributed by atoms with E-state index in [1.807, 2.05) is 21.9 Å². The Kier molecular flexibility index (Phi) is 7.09. The maximum absolute atomic E-state index is 12.9. The molecule has 5 heterocycles. The molecule has 4 aliphatic rings. The molecule has 10 nitrogen and oxygen atoms in total. The number of piperazine rings is 1. The minimum Gasteiger partial charge on any atom is -0.378 e. The fraction of sp³-hybridized carbons (Fsp3) is 0.560. The molecule has 0 bridgehead atoms. The number of carbonyl (C=O) groups is 1. The monoisotopic (exact) mass is 545 g/mol. The summed E-state index contributed by atoms with van der Waals surface area (Å²) in [6.07, 6.45) is 1.53. The van der Waals surface area contributed by atoms with Gasteiger partial charge in [0.25, 0.3) is 0 Å². The Morgan fingerprint density at radius 3 is 2.46 bits per heavy atom. The van der Waals surface area contributed by atoms with Crippen molar-refractivity contribution in [2.24, 2.45) is 0 Å². The SMILES string of the molecule is O=C(N1CCOCC1)N1CCC(Nc2nc(N3CCN(c4ccc(Cl)cc4)CC3)nc3c2[S@](=O)CC3)C1. The first-order valence-corrected chi connectivity index (χ1v) is 14.7. The molecule has 3 saturated heterocycles. The third kappa shape index (κ3) is 5.21. The first kappa shape index (κ1) is 24.7. The van der Waals surface area contributed by atoms with Crippen molar-refractivity contribution in [3.05, 3.63) is 35.0 Å². The van der Waals surface area contributed by atoms with Gasteiger partial charge in [-0.15, -0.1) is 0 Å². The lowest BCUT2D eigenvalue weighted by atomic mass is 10.2. The number of rotatable bonds is 4. The number of halogens is 1. The smallest absolute Gasteiger partial charge is 0.320 e. The van der Waals surface area contributed by atoms with Crippen molar-refractivity contribution in [2.45, 2.75) is 23.8 Å². The Hall–Kier alpha value is -2.63. The molecule has 37 heavy (non-hydrogen) atoms. The Morgan fingerprint density at radius 2 is 1.70 bits per heavy atom. The second-order valence-electron chi connectivity index (χ2n) is 9.86. The predicted molar refractivity (Wildman–Crippen MR) is 144 cm³/mol. The third-order valence-electron chi connectivity index (χ3n) is 7.51. The molecule has 0 saturated carbocycles. The van der Waals surface area contributed by atoms with Gasteiger partial charge in [-0.05, 0) is 30.7 Å². The Morgan fingerprint density at radius 1 is 0.973 bits per heavy atom. The topological polar surface area (TPSA) is 94.1 Å². The van der Waals surface area contributed by atoms with E-state index in [2.05, 4.69) is 27.2 Å². The van der Waals surface area contributed by atoms with E-state index in [1.165, 1.54) is 0 Å². The van der Waals surface area contributed by atoms with E-state index >= 15 is 0 Å². The van der Waals surface area contributed by atoms with E-state index in [-0.39, 0.29) is 12.1 Å². The van der Waals surface area contributed by atoms with Crippen LogP contribution in [-0.4, -0.2) is 107 Å². The summed E-state index contributed by atoms with van der Waals surface area (Å²) in [5.41, 5.74) is 2.04. The number of carbonyl (C=O) groups excluding carboxylic acids is 1. The van der Waals surface area contributed by atoms with E-state index in [0.717, 1.165) is 53.9 Å². The Balaban J connectivity index is 1.14. The van der Waals surface area contributed by atoms with Crippen LogP contribution in [-0.2, 0) is 22.0 Å². The molecule has 2 atom stereocenters. The van der Waals surface area contributed by atoms with Crippen molar-refractivity contribution in [3.63, 3.8) is 0 Å². The second kappa shape index (κ2) is 10.6. The summed E-state index contributed by atoms with van der Waals surface area (Å²) < 4.78 is 18.2. The number of nitrogens with one attached hydrogen (secondary N) is 1. The van der Waals surface area contributed by atoms with E-state index in [1.54, 1.807) is 0 Å². The van der Waals surface area contributed by atoms with Crippen molar-refractivity contribution < 1.29 is 13.7 Å². The summed E-state index contributed by atoms with van der Waals surface area (Å²) in [5, 5.41) is 4.29. The van der Waals surface area contributed by atoms with Crippen LogP contribution in [0.25, 0.3) is 0 Å². The number of ether oxygens (including phenoxy) is 1. The van der Waals surface area contributed by atoms with Crippen molar-refractivity contribution in [3.8, 4) is 0 Å². The standard InChI is InChI=1S/C25H32ClN7O3S/c26-18-1-3-20(4-2-18)30-8-10-31(11-9-30)24-28-21-6-16-37(35)22(21)23(29-24)27-19-5-7-33(17-19)25(34)32-12-14-36-15-13-32/h1-4,19H,5-17H2,(H,27,28,29)/t19?,37-/m1/s1. The van der Waals surface area contributed by atoms with Crippen LogP contribution in [0, 0.1) is 0 Å². The molecule has 2 aromatic rings. The van der Waals surface area contributed by atoms with Crippen LogP contribution in [0.4, 0.5) is 22.2 Å². The first-order chi connectivity index (χ1) is 18.0. The Labute approximate surface area is 224 Å². The maximum Gasteiger partial charge on any atom is 0.320 e. The van der Waals surface area contributed by atoms with Gasteiger partial charge in [0.1, 0.15) is 10.7 Å². The van der Waals surface area contributed by atoms with Crippen molar-refractivity contribution in [2.75, 3.05) is 86.4 Å². The van der Waals surface area contributed by atoms with E-state index in [0.29, 0.717) is 63.3 Å². The zero-order valence-electron chi connectivity index (χ0n) is 20.8. The van der Waals surface area contributed by atoms with Crippen molar-refractivity contribution in [1.29, 1.82) is 0 Å². The van der Waals surface area contributed by atoms with Crippen LogP contribution in [0.15, 0.2) is 29.2 Å². The quantitative estimate of drug-likeness (QED) is 0.624. The average molecular weight is 546 g/mol. The van der Waals surface area contributed by atoms with Gasteiger partial charge in [0.05, 0.1) is 29.7 Å². The highest BCUT2D eigenvalue weighted by molar-refractivity contribution is 7.85. The number of anilines is 3. The summed E-state index contributed by atoms with van der Waals surface area (Å²) in [4.78, 5) is 31.7. The summed E-state index contributed by atoms with van der Waals surface area (Å²) in [6, 6.07) is 8.08. The lowest BCUT2D eigenvalue weighted by Crippen LogP contribution is -2.48. The molecule has 12 heteroatoms. The van der Waals surface area contributed by atoms with E-state index in [9.17, 15) is 9.00 Å². The molecule has 0 aliphatic carbocycles. The molecule has 3 fully saturated rings. The number of fused-ring (bicyclic) bond motifs is 1. The minimum absolute atomic E-state index is 0.0659. The molecule has 198 valence electrons. The summed E-state index contributed by atoms with van der Waals surface area (Å²) in [5.74, 6) is 1.94. The molecule has 1 aromatic heterocycles. The van der Waals surface area contributed by atoms with Gasteiger partial charge in [0.2, 0.25) is 5.95 Å². The molecule has 2 amide bonds. The average Bonchev–Trinajstić information content (AvgIpc) is 3.56. The number of hydrogen-bond donors (Lipinski definition) is 1. The van der Waals surface area contributed by atoms with Crippen LogP contribution in [0.3, 0.4) is 0 Å². The molecular formula is C25H32ClN7O3S. The largest absolute Gasteiger partial charge is 0.378 e. The van der Waals surface area contributed by atoms with Crippen molar-refractivity contribution in [1.82, 2.24) is 19.8 Å². The highest BCUT2D eigenvalue weighted by atomic mass is 35.5. The highest BCUT2D eigenvalue weighted by Crippen LogP contribution is 2.32. The number of benzene rings is 1. The Bertz CT molecular complexity index is 1170. The van der Waals surface area contributed by atoms with Gasteiger partial charge in [-0.3, -0.25) is 4.21 Å². The van der Waals surface area contributed by atoms with Crippen LogP contribution in [0.5, 0.6) is 0 Å². The van der Waals surface area contributed by atoms with Crippen LogP contribution in [0.1, 0.15) is 12.1 Å². The normalized spacial score (nSPS) is 23.9. The van der Waals surface area contributed by atoms with Gasteiger partial charge in [-0.2, -0.15) is 4.98 Å². The van der Waals surface area contributed by atoms with Gasteiger partial charge in [-0.1, -0.05) is 11.6 Å². The summed E-state index contributed by atoms with van der Waals surface area (Å²) >= 11 is 6.05. The molecule has 1 aromatic carbocycles. The van der Waals surface area contributed by atoms with E-state index < -0.39 is 10.8 Å². The number of nitrogens with zero attached hydrogens (tertiary/aromatic N) is 6. The van der Waals surface area contributed by atoms with Gasteiger partial charge < -0.3 is 29.7 Å². The predicted octanol–water partition coefficient (Wildman–Crippen LogP) is 2.06. The number of morpholine rings is 1. The first-order valence-electron chi connectivity index (χ1n) is 13.0. The molecule has 0 spiro atoms. The number of urea groups is 1. The molecule has 1 unspecified atom stereocenters. The molecule has 1 N–H and O–H groups in total. The van der Waals surface area contributed by atoms with Gasteiger partial charge in [0, 0.05) is 81.3 Å².